The molecule has 3 N–H and O–H groups in total. The lowest BCUT2D eigenvalue weighted by atomic mass is 9.87. The molecule has 1 aromatic rings. The minimum absolute atomic E-state index is 0.0411. The summed E-state index contributed by atoms with van der Waals surface area (Å²) in [5.41, 5.74) is 5.60. The van der Waals surface area contributed by atoms with E-state index in [0.29, 0.717) is 5.82 Å². The van der Waals surface area contributed by atoms with Gasteiger partial charge in [-0.15, -0.1) is 0 Å². The molecule has 0 aliphatic heterocycles. The fourth-order valence-electron chi connectivity index (χ4n) is 1.83. The Morgan fingerprint density at radius 3 is 2.57 bits per heavy atom. The highest BCUT2D eigenvalue weighted by Gasteiger charge is 2.27. The second kappa shape index (κ2) is 5.94. The van der Waals surface area contributed by atoms with Crippen LogP contribution in [0.1, 0.15) is 33.3 Å². The molecule has 1 heterocycles. The highest BCUT2D eigenvalue weighted by atomic mass is 16.6. The average molecular weight is 295 g/mol. The van der Waals surface area contributed by atoms with Crippen molar-refractivity contribution in [3.8, 4) is 0 Å². The van der Waals surface area contributed by atoms with Crippen LogP contribution in [0.5, 0.6) is 0 Å². The molecule has 0 fully saturated rings. The summed E-state index contributed by atoms with van der Waals surface area (Å²) in [6.07, 6.45) is 1.16. The van der Waals surface area contributed by atoms with Crippen LogP contribution in [-0.4, -0.2) is 34.0 Å². The van der Waals surface area contributed by atoms with Crippen molar-refractivity contribution >= 4 is 17.3 Å². The molecule has 0 radical (unpaired) electrons. The Hall–Kier alpha value is -2.38. The predicted molar refractivity (Wildman–Crippen MR) is 80.7 cm³/mol. The largest absolute Gasteiger partial charge is 0.409 e. The molecule has 0 saturated carbocycles. The third-order valence-electron chi connectivity index (χ3n) is 3.62. The van der Waals surface area contributed by atoms with Gasteiger partial charge in [-0.25, -0.2) is 4.98 Å². The van der Waals surface area contributed by atoms with Crippen LogP contribution in [0.4, 0.5) is 11.5 Å². The zero-order valence-electron chi connectivity index (χ0n) is 12.9. The van der Waals surface area contributed by atoms with Crippen molar-refractivity contribution < 1.29 is 10.1 Å². The van der Waals surface area contributed by atoms with Gasteiger partial charge in [-0.05, 0) is 12.3 Å². The molecule has 21 heavy (non-hydrogen) atoms. The van der Waals surface area contributed by atoms with Crippen LogP contribution in [0.25, 0.3) is 0 Å². The van der Waals surface area contributed by atoms with Crippen LogP contribution in [0.15, 0.2) is 17.4 Å². The van der Waals surface area contributed by atoms with Crippen LogP contribution in [0.3, 0.4) is 0 Å². The van der Waals surface area contributed by atoms with Gasteiger partial charge in [0.05, 0.1) is 10.5 Å². The zero-order valence-corrected chi connectivity index (χ0v) is 12.9. The Labute approximate surface area is 123 Å². The molecule has 116 valence electrons. The monoisotopic (exact) mass is 295 g/mol. The zero-order chi connectivity index (χ0) is 16.4. The van der Waals surface area contributed by atoms with E-state index < -0.39 is 4.92 Å². The summed E-state index contributed by atoms with van der Waals surface area (Å²) in [6, 6.07) is 1.33. The van der Waals surface area contributed by atoms with Crippen molar-refractivity contribution in [3.05, 3.63) is 27.9 Å². The fourth-order valence-corrected chi connectivity index (χ4v) is 1.83. The lowest BCUT2D eigenvalue weighted by Gasteiger charge is -2.36. The molecule has 1 aromatic heterocycles. The van der Waals surface area contributed by atoms with Gasteiger partial charge in [0.2, 0.25) is 0 Å². The number of nitro groups is 1. The van der Waals surface area contributed by atoms with Crippen molar-refractivity contribution in [1.29, 1.82) is 0 Å². The minimum Gasteiger partial charge on any atom is -0.409 e. The van der Waals surface area contributed by atoms with Gasteiger partial charge in [-0.2, -0.15) is 0 Å². The quantitative estimate of drug-likeness (QED) is 0.288. The van der Waals surface area contributed by atoms with E-state index in [2.05, 4.69) is 30.9 Å². The normalized spacial score (nSPS) is 13.9. The van der Waals surface area contributed by atoms with Crippen molar-refractivity contribution in [2.24, 2.45) is 16.3 Å². The summed E-state index contributed by atoms with van der Waals surface area (Å²) in [6.45, 7) is 8.23. The fraction of sp³-hybridized carbons (Fsp3) is 0.538. The van der Waals surface area contributed by atoms with E-state index >= 15 is 0 Å². The molecule has 0 saturated heterocycles. The van der Waals surface area contributed by atoms with Crippen LogP contribution in [-0.2, 0) is 0 Å². The Kier molecular flexibility index (Phi) is 4.72. The number of nitrogens with two attached hydrogens (primary N) is 1. The van der Waals surface area contributed by atoms with Crippen LogP contribution >= 0.6 is 0 Å². The number of hydrogen-bond acceptors (Lipinski definition) is 6. The van der Waals surface area contributed by atoms with Crippen LogP contribution in [0.2, 0.25) is 0 Å². The van der Waals surface area contributed by atoms with Gasteiger partial charge < -0.3 is 15.8 Å². The third-order valence-corrected chi connectivity index (χ3v) is 3.62. The number of anilines is 1. The number of aromatic nitrogens is 1. The van der Waals surface area contributed by atoms with E-state index in [1.54, 1.807) is 0 Å². The molecular weight excluding hydrogens is 274 g/mol. The third kappa shape index (κ3) is 3.59. The lowest BCUT2D eigenvalue weighted by molar-refractivity contribution is -0.385. The van der Waals surface area contributed by atoms with E-state index in [1.165, 1.54) is 6.07 Å². The molecule has 0 aromatic carbocycles. The van der Waals surface area contributed by atoms with Gasteiger partial charge in [-0.1, -0.05) is 25.9 Å². The molecule has 1 atom stereocenters. The Balaban J connectivity index is 3.39. The molecule has 0 spiro atoms. The van der Waals surface area contributed by atoms with E-state index in [-0.39, 0.29) is 28.5 Å². The molecule has 0 amide bonds. The number of pyridine rings is 1. The number of nitrogens with zero attached hydrogens (tertiary/aromatic N) is 4. The second-order valence-electron chi connectivity index (χ2n) is 5.96. The summed E-state index contributed by atoms with van der Waals surface area (Å²) in [5.74, 6) is 0.215. The molecule has 1 unspecified atom stereocenters. The first-order chi connectivity index (χ1) is 9.59. The maximum Gasteiger partial charge on any atom is 0.288 e. The van der Waals surface area contributed by atoms with E-state index in [0.717, 1.165) is 6.20 Å². The minimum atomic E-state index is -0.571. The van der Waals surface area contributed by atoms with Crippen LogP contribution < -0.4 is 10.6 Å². The number of amidine groups is 1. The topological polar surface area (TPSA) is 118 Å². The maximum atomic E-state index is 10.8. The SMILES string of the molecule is CC(N(C)c1ncc([N+](=O)[O-])cc1C(N)=NO)C(C)(C)C. The lowest BCUT2D eigenvalue weighted by Crippen LogP contribution is -2.40. The maximum absolute atomic E-state index is 10.8. The molecule has 8 heteroatoms. The van der Waals surface area contributed by atoms with Gasteiger partial charge in [0.15, 0.2) is 5.84 Å². The van der Waals surface area contributed by atoms with Gasteiger partial charge in [-0.3, -0.25) is 10.1 Å². The highest BCUT2D eigenvalue weighted by Crippen LogP contribution is 2.29. The van der Waals surface area contributed by atoms with Gasteiger partial charge in [0, 0.05) is 19.2 Å². The Morgan fingerprint density at radius 1 is 1.57 bits per heavy atom. The summed E-state index contributed by atoms with van der Waals surface area (Å²) in [7, 11) is 1.82. The predicted octanol–water partition coefficient (Wildman–Crippen LogP) is 1.96. The van der Waals surface area contributed by atoms with Gasteiger partial charge in [0.25, 0.3) is 5.69 Å². The Bertz CT molecular complexity index is 565. The number of rotatable bonds is 4. The van der Waals surface area contributed by atoms with Crippen molar-refractivity contribution in [3.63, 3.8) is 0 Å². The summed E-state index contributed by atoms with van der Waals surface area (Å²) >= 11 is 0. The summed E-state index contributed by atoms with van der Waals surface area (Å²) < 4.78 is 0. The second-order valence-corrected chi connectivity index (χ2v) is 5.96. The van der Waals surface area contributed by atoms with Crippen molar-refractivity contribution in [2.45, 2.75) is 33.7 Å². The molecule has 0 aliphatic rings. The van der Waals surface area contributed by atoms with E-state index in [4.69, 9.17) is 10.9 Å². The van der Waals surface area contributed by atoms with E-state index in [1.807, 2.05) is 18.9 Å². The smallest absolute Gasteiger partial charge is 0.288 e. The van der Waals surface area contributed by atoms with Crippen molar-refractivity contribution in [1.82, 2.24) is 4.98 Å². The molecule has 0 aliphatic carbocycles. The van der Waals surface area contributed by atoms with Gasteiger partial charge >= 0.3 is 0 Å². The first kappa shape index (κ1) is 16.7. The van der Waals surface area contributed by atoms with E-state index in [9.17, 15) is 10.1 Å². The first-order valence-electron chi connectivity index (χ1n) is 6.44. The van der Waals surface area contributed by atoms with Crippen LogP contribution in [0, 0.1) is 15.5 Å². The molecule has 1 rings (SSSR count). The average Bonchev–Trinajstić information content (AvgIpc) is 2.43. The molecule has 8 nitrogen and oxygen atoms in total. The van der Waals surface area contributed by atoms with Crippen molar-refractivity contribution in [2.75, 3.05) is 11.9 Å². The number of oxime groups is 1. The first-order valence-corrected chi connectivity index (χ1v) is 6.44. The van der Waals surface area contributed by atoms with Gasteiger partial charge in [0.1, 0.15) is 12.0 Å². The molecule has 0 bridgehead atoms. The summed E-state index contributed by atoms with van der Waals surface area (Å²) in [4.78, 5) is 16.2. The standard InChI is InChI=1S/C13H21N5O3/c1-8(13(2,3)4)17(5)12-10(11(14)16-19)6-9(7-15-12)18(20)21/h6-8,19H,1-5H3,(H2,14,16). The number of hydrogen-bond donors (Lipinski definition) is 2. The summed E-state index contributed by atoms with van der Waals surface area (Å²) in [5, 5.41) is 22.6. The highest BCUT2D eigenvalue weighted by molar-refractivity contribution is 6.01. The Morgan fingerprint density at radius 2 is 2.14 bits per heavy atom. The molecular formula is C13H21N5O3.